The molecule has 20 heavy (non-hydrogen) atoms. The second kappa shape index (κ2) is 5.32. The van der Waals surface area contributed by atoms with E-state index < -0.39 is 6.29 Å². The van der Waals surface area contributed by atoms with Crippen molar-refractivity contribution in [2.45, 2.75) is 79.6 Å². The van der Waals surface area contributed by atoms with E-state index in [1.54, 1.807) is 0 Å². The van der Waals surface area contributed by atoms with Crippen LogP contribution in [0.3, 0.4) is 0 Å². The van der Waals surface area contributed by atoms with Crippen molar-refractivity contribution < 1.29 is 14.3 Å². The van der Waals surface area contributed by atoms with Gasteiger partial charge in [-0.1, -0.05) is 34.6 Å². The largest absolute Gasteiger partial charge is 0.436 e. The summed E-state index contributed by atoms with van der Waals surface area (Å²) in [5.74, 6) is 0.404. The number of hydrogen-bond acceptors (Lipinski definition) is 3. The van der Waals surface area contributed by atoms with Gasteiger partial charge in [-0.15, -0.1) is 0 Å². The molecule has 2 saturated carbocycles. The maximum atomic E-state index is 11.8. The van der Waals surface area contributed by atoms with Gasteiger partial charge in [0.25, 0.3) is 0 Å². The van der Waals surface area contributed by atoms with Gasteiger partial charge < -0.3 is 9.47 Å². The molecule has 116 valence electrons. The van der Waals surface area contributed by atoms with Crippen molar-refractivity contribution in [3.63, 3.8) is 0 Å². The Kier molecular flexibility index (Phi) is 4.21. The predicted octanol–water partition coefficient (Wildman–Crippen LogP) is 4.15. The van der Waals surface area contributed by atoms with Gasteiger partial charge in [0.2, 0.25) is 0 Å². The maximum absolute atomic E-state index is 11.8. The maximum Gasteiger partial charge on any atom is 0.310 e. The van der Waals surface area contributed by atoms with E-state index in [0.717, 1.165) is 12.8 Å². The first-order valence-electron chi connectivity index (χ1n) is 8.07. The fraction of sp³-hybridized carbons (Fsp3) is 0.941. The summed E-state index contributed by atoms with van der Waals surface area (Å²) in [7, 11) is 0. The Balaban J connectivity index is 1.91. The van der Waals surface area contributed by atoms with Crippen LogP contribution in [-0.2, 0) is 14.3 Å². The van der Waals surface area contributed by atoms with Crippen molar-refractivity contribution in [3.8, 4) is 0 Å². The van der Waals surface area contributed by atoms with Crippen molar-refractivity contribution in [3.05, 3.63) is 0 Å². The lowest BCUT2D eigenvalue weighted by Crippen LogP contribution is -2.31. The first kappa shape index (κ1) is 15.8. The van der Waals surface area contributed by atoms with Gasteiger partial charge in [0.15, 0.2) is 6.29 Å². The summed E-state index contributed by atoms with van der Waals surface area (Å²) in [5.41, 5.74) is 0.709. The van der Waals surface area contributed by atoms with Crippen molar-refractivity contribution in [1.82, 2.24) is 0 Å². The molecule has 3 nitrogen and oxygen atoms in total. The quantitative estimate of drug-likeness (QED) is 0.561. The summed E-state index contributed by atoms with van der Waals surface area (Å²) >= 11 is 0. The monoisotopic (exact) mass is 282 g/mol. The zero-order valence-electron chi connectivity index (χ0n) is 13.9. The molecule has 2 aliphatic rings. The zero-order valence-corrected chi connectivity index (χ0v) is 13.9. The Morgan fingerprint density at radius 1 is 1.30 bits per heavy atom. The number of ether oxygens (including phenoxy) is 2. The molecule has 3 heteroatoms. The zero-order chi connectivity index (χ0) is 15.1. The van der Waals surface area contributed by atoms with Gasteiger partial charge in [-0.05, 0) is 49.4 Å². The van der Waals surface area contributed by atoms with E-state index in [-0.39, 0.29) is 18.0 Å². The molecule has 5 atom stereocenters. The predicted molar refractivity (Wildman–Crippen MR) is 79.1 cm³/mol. The molecule has 0 heterocycles. The SMILES string of the molecule is CCC(C)C(=O)OC(C)OC1CC2(C)CCC1C2(C)C. The standard InChI is InChI=1S/C17H30O3/c1-7-11(2)15(18)20-12(3)19-14-10-17(6)9-8-13(14)16(17,4)5/h11-14H,7-10H2,1-6H3. The van der Waals surface area contributed by atoms with Gasteiger partial charge in [0.05, 0.1) is 12.0 Å². The highest BCUT2D eigenvalue weighted by molar-refractivity contribution is 5.71. The Morgan fingerprint density at radius 2 is 1.95 bits per heavy atom. The first-order valence-corrected chi connectivity index (χ1v) is 8.07. The second-order valence-electron chi connectivity index (χ2n) is 7.62. The van der Waals surface area contributed by atoms with Crippen LogP contribution in [0.2, 0.25) is 0 Å². The molecule has 2 rings (SSSR count). The number of fused-ring (bicyclic) bond motifs is 2. The van der Waals surface area contributed by atoms with Gasteiger partial charge in [-0.2, -0.15) is 0 Å². The van der Waals surface area contributed by atoms with E-state index in [1.807, 2.05) is 20.8 Å². The van der Waals surface area contributed by atoms with Crippen molar-refractivity contribution >= 4 is 5.97 Å². The fourth-order valence-electron chi connectivity index (χ4n) is 4.07. The Hall–Kier alpha value is -0.570. The third-order valence-electron chi connectivity index (χ3n) is 6.25. The molecule has 0 aliphatic heterocycles. The molecule has 0 saturated heterocycles. The van der Waals surface area contributed by atoms with Crippen LogP contribution >= 0.6 is 0 Å². The average Bonchev–Trinajstić information content (AvgIpc) is 2.68. The summed E-state index contributed by atoms with van der Waals surface area (Å²) in [6.45, 7) is 12.9. The minimum Gasteiger partial charge on any atom is -0.436 e. The van der Waals surface area contributed by atoms with Crippen molar-refractivity contribution in [2.24, 2.45) is 22.7 Å². The Morgan fingerprint density at radius 3 is 2.40 bits per heavy atom. The van der Waals surface area contributed by atoms with Gasteiger partial charge in [-0.25, -0.2) is 0 Å². The number of carbonyl (C=O) groups is 1. The van der Waals surface area contributed by atoms with E-state index in [0.29, 0.717) is 16.7 Å². The minimum atomic E-state index is -0.430. The van der Waals surface area contributed by atoms with Crippen LogP contribution in [0.1, 0.15) is 67.2 Å². The van der Waals surface area contributed by atoms with Crippen LogP contribution in [0.15, 0.2) is 0 Å². The lowest BCUT2D eigenvalue weighted by atomic mass is 9.71. The summed E-state index contributed by atoms with van der Waals surface area (Å²) < 4.78 is 11.5. The number of hydrogen-bond donors (Lipinski definition) is 0. The molecule has 0 spiro atoms. The first-order chi connectivity index (χ1) is 9.21. The molecule has 0 N–H and O–H groups in total. The summed E-state index contributed by atoms with van der Waals surface area (Å²) in [6, 6.07) is 0. The number of carbonyl (C=O) groups excluding carboxylic acids is 1. The van der Waals surface area contributed by atoms with Crippen molar-refractivity contribution in [2.75, 3.05) is 0 Å². The molecule has 0 aromatic rings. The molecule has 0 radical (unpaired) electrons. The number of rotatable bonds is 5. The van der Waals surface area contributed by atoms with E-state index in [2.05, 4.69) is 20.8 Å². The molecule has 0 aromatic heterocycles. The van der Waals surface area contributed by atoms with E-state index in [1.165, 1.54) is 12.8 Å². The molecular formula is C17H30O3. The molecule has 5 unspecified atom stereocenters. The smallest absolute Gasteiger partial charge is 0.310 e. The third kappa shape index (κ3) is 2.49. The van der Waals surface area contributed by atoms with E-state index >= 15 is 0 Å². The van der Waals surface area contributed by atoms with Crippen LogP contribution in [0, 0.1) is 22.7 Å². The van der Waals surface area contributed by atoms with Gasteiger partial charge >= 0.3 is 5.97 Å². The van der Waals surface area contributed by atoms with Crippen molar-refractivity contribution in [1.29, 1.82) is 0 Å². The normalized spacial score (nSPS) is 37.7. The van der Waals surface area contributed by atoms with E-state index in [9.17, 15) is 4.79 Å². The number of esters is 1. The minimum absolute atomic E-state index is 0.0463. The fourth-order valence-corrected chi connectivity index (χ4v) is 4.07. The summed E-state index contributed by atoms with van der Waals surface area (Å²) in [4.78, 5) is 11.8. The van der Waals surface area contributed by atoms with Gasteiger partial charge in [-0.3, -0.25) is 4.79 Å². The average molecular weight is 282 g/mol. The summed E-state index contributed by atoms with van der Waals surface area (Å²) in [5, 5.41) is 0. The van der Waals surface area contributed by atoms with Crippen LogP contribution in [0.4, 0.5) is 0 Å². The van der Waals surface area contributed by atoms with Crippen LogP contribution in [-0.4, -0.2) is 18.4 Å². The highest BCUT2D eigenvalue weighted by atomic mass is 16.7. The lowest BCUT2D eigenvalue weighted by Gasteiger charge is -2.33. The van der Waals surface area contributed by atoms with Gasteiger partial charge in [0, 0.05) is 0 Å². The second-order valence-corrected chi connectivity index (χ2v) is 7.62. The molecule has 2 fully saturated rings. The lowest BCUT2D eigenvalue weighted by molar-refractivity contribution is -0.194. The molecule has 2 aliphatic carbocycles. The summed E-state index contributed by atoms with van der Waals surface area (Å²) in [6.07, 6.45) is 4.24. The molecule has 2 bridgehead atoms. The molecule has 0 amide bonds. The highest BCUT2D eigenvalue weighted by Gasteiger charge is 2.61. The molecular weight excluding hydrogens is 252 g/mol. The highest BCUT2D eigenvalue weighted by Crippen LogP contribution is 2.66. The van der Waals surface area contributed by atoms with E-state index in [4.69, 9.17) is 9.47 Å². The Labute approximate surface area is 123 Å². The topological polar surface area (TPSA) is 35.5 Å². The Bertz CT molecular complexity index is 374. The van der Waals surface area contributed by atoms with Crippen LogP contribution < -0.4 is 0 Å². The van der Waals surface area contributed by atoms with Crippen LogP contribution in [0.25, 0.3) is 0 Å². The van der Waals surface area contributed by atoms with Gasteiger partial charge in [0.1, 0.15) is 0 Å². The molecule has 0 aromatic carbocycles. The third-order valence-corrected chi connectivity index (χ3v) is 6.25. The van der Waals surface area contributed by atoms with Crippen LogP contribution in [0.5, 0.6) is 0 Å².